The topological polar surface area (TPSA) is 68.3 Å². The van der Waals surface area contributed by atoms with Gasteiger partial charge in [0.2, 0.25) is 0 Å². The third-order valence-electron chi connectivity index (χ3n) is 2.12. The van der Waals surface area contributed by atoms with Crippen molar-refractivity contribution in [2.75, 3.05) is 23.0 Å². The Bertz CT molecular complexity index is 486. The van der Waals surface area contributed by atoms with Crippen molar-refractivity contribution < 1.29 is 16.8 Å². The second kappa shape index (κ2) is 3.64. The Labute approximate surface area is 93.3 Å². The van der Waals surface area contributed by atoms with Crippen LogP contribution in [0.25, 0.3) is 0 Å². The summed E-state index contributed by atoms with van der Waals surface area (Å²) < 4.78 is 44.6. The molecule has 2 heterocycles. The van der Waals surface area contributed by atoms with Crippen molar-refractivity contribution in [3.63, 3.8) is 0 Å². The minimum Gasteiger partial charge on any atom is -0.228 e. The molecule has 0 spiro atoms. The molecule has 2 aliphatic heterocycles. The molecule has 0 saturated heterocycles. The predicted octanol–water partition coefficient (Wildman–Crippen LogP) is 0.344. The van der Waals surface area contributed by atoms with E-state index >= 15 is 0 Å². The Balaban J connectivity index is 2.02. The van der Waals surface area contributed by atoms with Gasteiger partial charge in [-0.05, 0) is 0 Å². The van der Waals surface area contributed by atoms with E-state index in [0.717, 1.165) is 9.81 Å². The largest absolute Gasteiger partial charge is 0.228 e. The highest BCUT2D eigenvalue weighted by molar-refractivity contribution is 8.09. The maximum absolute atomic E-state index is 11.1. The average Bonchev–Trinajstić information content (AvgIpc) is 2.56. The fraction of sp³-hybridized carbons (Fsp3) is 0.500. The van der Waals surface area contributed by atoms with E-state index in [0.29, 0.717) is 0 Å². The first kappa shape index (κ1) is 11.2. The Hall–Kier alpha value is -0.270. The number of thioether (sulfide) groups is 1. The van der Waals surface area contributed by atoms with Gasteiger partial charge in [-0.3, -0.25) is 0 Å². The molecule has 0 aliphatic carbocycles. The van der Waals surface area contributed by atoms with Gasteiger partial charge in [0.25, 0.3) is 0 Å². The molecule has 0 radical (unpaired) electrons. The van der Waals surface area contributed by atoms with Crippen molar-refractivity contribution >= 4 is 31.4 Å². The van der Waals surface area contributed by atoms with Crippen LogP contribution in [0.5, 0.6) is 0 Å². The summed E-state index contributed by atoms with van der Waals surface area (Å²) in [6.07, 6.45) is 3.32. The Morgan fingerprint density at radius 3 is 1.53 bits per heavy atom. The summed E-state index contributed by atoms with van der Waals surface area (Å²) >= 11 is 1.28. The molecule has 0 N–H and O–H groups in total. The highest BCUT2D eigenvalue weighted by Crippen LogP contribution is 2.33. The number of hydrogen-bond acceptors (Lipinski definition) is 5. The number of sulfone groups is 2. The summed E-state index contributed by atoms with van der Waals surface area (Å²) in [5.41, 5.74) is 0. The third-order valence-corrected chi connectivity index (χ3v) is 6.48. The minimum absolute atomic E-state index is 0.0506. The summed E-state index contributed by atoms with van der Waals surface area (Å²) in [5, 5.41) is 0. The molecule has 0 saturated carbocycles. The van der Waals surface area contributed by atoms with Crippen LogP contribution in [0.15, 0.2) is 22.0 Å². The van der Waals surface area contributed by atoms with Gasteiger partial charge in [0.05, 0.1) is 23.0 Å². The van der Waals surface area contributed by atoms with Crippen molar-refractivity contribution in [1.82, 2.24) is 0 Å². The highest BCUT2D eigenvalue weighted by Gasteiger charge is 2.25. The zero-order valence-corrected chi connectivity index (χ0v) is 10.3. The van der Waals surface area contributed by atoms with Crippen LogP contribution in [0.3, 0.4) is 0 Å². The molecule has 0 bridgehead atoms. The molecule has 0 aromatic carbocycles. The lowest BCUT2D eigenvalue weighted by Gasteiger charge is -2.00. The van der Waals surface area contributed by atoms with Crippen LogP contribution in [0.2, 0.25) is 0 Å². The van der Waals surface area contributed by atoms with E-state index in [4.69, 9.17) is 0 Å². The first-order chi connectivity index (χ1) is 6.86. The van der Waals surface area contributed by atoms with Crippen LogP contribution in [-0.2, 0) is 19.7 Å². The molecule has 0 unspecified atom stereocenters. The number of hydrogen-bond donors (Lipinski definition) is 0. The molecule has 15 heavy (non-hydrogen) atoms. The summed E-state index contributed by atoms with van der Waals surface area (Å²) in [4.78, 5) is 1.50. The highest BCUT2D eigenvalue weighted by atomic mass is 32.2. The van der Waals surface area contributed by atoms with E-state index in [9.17, 15) is 16.8 Å². The second-order valence-corrected chi connectivity index (χ2v) is 9.02. The van der Waals surface area contributed by atoms with Crippen molar-refractivity contribution in [3.8, 4) is 0 Å². The average molecular weight is 266 g/mol. The molecule has 0 fully saturated rings. The van der Waals surface area contributed by atoms with Crippen molar-refractivity contribution in [3.05, 3.63) is 22.0 Å². The van der Waals surface area contributed by atoms with Crippen molar-refractivity contribution in [2.24, 2.45) is 0 Å². The Morgan fingerprint density at radius 1 is 0.867 bits per heavy atom. The van der Waals surface area contributed by atoms with Gasteiger partial charge >= 0.3 is 0 Å². The van der Waals surface area contributed by atoms with Gasteiger partial charge in [0.15, 0.2) is 19.7 Å². The van der Waals surface area contributed by atoms with Crippen LogP contribution < -0.4 is 0 Å². The first-order valence-electron chi connectivity index (χ1n) is 4.33. The monoisotopic (exact) mass is 266 g/mol. The van der Waals surface area contributed by atoms with Crippen LogP contribution in [0.1, 0.15) is 0 Å². The second-order valence-electron chi connectivity index (χ2n) is 3.55. The van der Waals surface area contributed by atoms with Gasteiger partial charge in [0, 0.05) is 9.81 Å². The minimum atomic E-state index is -2.96. The van der Waals surface area contributed by atoms with Crippen LogP contribution in [0.4, 0.5) is 0 Å². The maximum Gasteiger partial charge on any atom is 0.158 e. The van der Waals surface area contributed by atoms with E-state index in [1.54, 1.807) is 12.2 Å². The molecule has 2 aliphatic rings. The van der Waals surface area contributed by atoms with Gasteiger partial charge < -0.3 is 0 Å². The maximum atomic E-state index is 11.1. The van der Waals surface area contributed by atoms with E-state index < -0.39 is 19.7 Å². The summed E-state index contributed by atoms with van der Waals surface area (Å²) in [6.45, 7) is 0. The molecule has 0 aromatic rings. The Kier molecular flexibility index (Phi) is 2.72. The molecule has 7 heteroatoms. The standard InChI is InChI=1S/C8H10O4S3/c9-14(10)3-1-7(5-14)13-8-2-4-15(11,12)6-8/h1-2H,3-6H2. The molecule has 84 valence electrons. The quantitative estimate of drug-likeness (QED) is 0.721. The van der Waals surface area contributed by atoms with Crippen LogP contribution in [-0.4, -0.2) is 39.8 Å². The zero-order valence-electron chi connectivity index (χ0n) is 7.84. The fourth-order valence-electron chi connectivity index (χ4n) is 1.42. The molecule has 0 amide bonds. The fourth-order valence-corrected chi connectivity index (χ4v) is 6.10. The van der Waals surface area contributed by atoms with E-state index in [2.05, 4.69) is 0 Å². The third kappa shape index (κ3) is 2.85. The Morgan fingerprint density at radius 2 is 1.27 bits per heavy atom. The molecule has 4 nitrogen and oxygen atoms in total. The lowest BCUT2D eigenvalue weighted by atomic mass is 10.6. The summed E-state index contributed by atoms with van der Waals surface area (Å²) in [5.74, 6) is 0.259. The summed E-state index contributed by atoms with van der Waals surface area (Å²) in [6, 6.07) is 0. The van der Waals surface area contributed by atoms with E-state index in [-0.39, 0.29) is 23.0 Å². The van der Waals surface area contributed by atoms with Gasteiger partial charge in [-0.15, -0.1) is 0 Å². The predicted molar refractivity (Wildman–Crippen MR) is 61.1 cm³/mol. The van der Waals surface area contributed by atoms with Gasteiger partial charge in [0.1, 0.15) is 0 Å². The van der Waals surface area contributed by atoms with Crippen molar-refractivity contribution in [1.29, 1.82) is 0 Å². The lowest BCUT2D eigenvalue weighted by molar-refractivity contribution is 0.601. The molecular formula is C8H10O4S3. The van der Waals surface area contributed by atoms with Crippen molar-refractivity contribution in [2.45, 2.75) is 0 Å². The van der Waals surface area contributed by atoms with Gasteiger partial charge in [-0.2, -0.15) is 0 Å². The SMILES string of the molecule is O=S1(=O)CC=C(SC2=CCS(=O)(=O)C2)C1. The van der Waals surface area contributed by atoms with Gasteiger partial charge in [-0.25, -0.2) is 16.8 Å². The normalized spacial score (nSPS) is 27.5. The van der Waals surface area contributed by atoms with Gasteiger partial charge in [-0.1, -0.05) is 23.9 Å². The molecule has 0 atom stereocenters. The lowest BCUT2D eigenvalue weighted by Crippen LogP contribution is -2.03. The smallest absolute Gasteiger partial charge is 0.158 e. The molecule has 0 aromatic heterocycles. The van der Waals surface area contributed by atoms with Crippen LogP contribution in [0, 0.1) is 0 Å². The first-order valence-corrected chi connectivity index (χ1v) is 8.79. The molecular weight excluding hydrogens is 256 g/mol. The number of rotatable bonds is 2. The van der Waals surface area contributed by atoms with Crippen LogP contribution >= 0.6 is 11.8 Å². The van der Waals surface area contributed by atoms with E-state index in [1.165, 1.54) is 11.8 Å². The van der Waals surface area contributed by atoms with E-state index in [1.807, 2.05) is 0 Å². The summed E-state index contributed by atoms with van der Waals surface area (Å²) in [7, 11) is -5.91. The zero-order chi connectivity index (χ0) is 11.1. The molecule has 2 rings (SSSR count).